The van der Waals surface area contributed by atoms with Gasteiger partial charge in [-0.15, -0.1) is 0 Å². The van der Waals surface area contributed by atoms with Gasteiger partial charge in [0.25, 0.3) is 11.5 Å². The Kier molecular flexibility index (Phi) is 6.50. The molecule has 2 atom stereocenters. The van der Waals surface area contributed by atoms with E-state index in [4.69, 9.17) is 28.0 Å². The highest BCUT2D eigenvalue weighted by atomic mass is 35.5. The van der Waals surface area contributed by atoms with Gasteiger partial charge in [-0.25, -0.2) is 0 Å². The Labute approximate surface area is 205 Å². The fourth-order valence-corrected chi connectivity index (χ4v) is 4.55. The maximum Gasteiger partial charge on any atom is 0.435 e. The summed E-state index contributed by atoms with van der Waals surface area (Å²) >= 11 is 11.9. The summed E-state index contributed by atoms with van der Waals surface area (Å²) in [5.74, 6) is 0.277. The molecule has 0 aromatic heterocycles. The normalized spacial score (nSPS) is 20.7. The highest BCUT2D eigenvalue weighted by Crippen LogP contribution is 2.49. The first-order valence-electron chi connectivity index (χ1n) is 10.9. The van der Waals surface area contributed by atoms with Crippen molar-refractivity contribution < 1.29 is 22.8 Å². The van der Waals surface area contributed by atoms with Crippen molar-refractivity contribution in [3.63, 3.8) is 0 Å². The number of hydrogen-bond acceptors (Lipinski definition) is 4. The minimum atomic E-state index is -4.75. The highest BCUT2D eigenvalue weighted by molar-refractivity contribution is 6.34. The van der Waals surface area contributed by atoms with Crippen LogP contribution in [0.5, 0.6) is 0 Å². The highest BCUT2D eigenvalue weighted by Gasteiger charge is 2.63. The first kappa shape index (κ1) is 24.7. The summed E-state index contributed by atoms with van der Waals surface area (Å²) in [6, 6.07) is 9.10. The maximum atomic E-state index is 14.2. The Morgan fingerprint density at radius 2 is 1.74 bits per heavy atom. The van der Waals surface area contributed by atoms with Gasteiger partial charge in [0.2, 0.25) is 0 Å². The third-order valence-corrected chi connectivity index (χ3v) is 6.85. The Bertz CT molecular complexity index is 1130. The second-order valence-corrected chi connectivity index (χ2v) is 9.98. The van der Waals surface area contributed by atoms with Crippen molar-refractivity contribution in [2.24, 2.45) is 11.1 Å². The molecule has 0 saturated carbocycles. The van der Waals surface area contributed by atoms with Crippen LogP contribution in [0.1, 0.15) is 54.2 Å². The van der Waals surface area contributed by atoms with Gasteiger partial charge in [-0.1, -0.05) is 48.3 Å². The number of benzene rings is 2. The van der Waals surface area contributed by atoms with E-state index in [0.29, 0.717) is 18.7 Å². The smallest absolute Gasteiger partial charge is 0.372 e. The SMILES string of the molecule is CC(C)C(C)NC(=O)c1ccc2c(c1)CN(C1=NOC(c3cc(Cl)cc(Cl)c3)(C(F)(F)F)C1)C2. The molecular formula is C24H24Cl2F3N3O2. The predicted molar refractivity (Wildman–Crippen MR) is 125 cm³/mol. The molecule has 0 spiro atoms. The lowest BCUT2D eigenvalue weighted by Gasteiger charge is -2.30. The number of fused-ring (bicyclic) bond motifs is 1. The molecule has 0 saturated heterocycles. The molecule has 2 aromatic carbocycles. The molecule has 0 bridgehead atoms. The maximum absolute atomic E-state index is 14.2. The molecule has 2 aliphatic rings. The van der Waals surface area contributed by atoms with E-state index >= 15 is 0 Å². The van der Waals surface area contributed by atoms with Gasteiger partial charge in [-0.2, -0.15) is 13.2 Å². The van der Waals surface area contributed by atoms with Crippen molar-refractivity contribution in [3.8, 4) is 0 Å². The molecule has 5 nitrogen and oxygen atoms in total. The van der Waals surface area contributed by atoms with Crippen molar-refractivity contribution in [1.29, 1.82) is 0 Å². The van der Waals surface area contributed by atoms with E-state index in [1.165, 1.54) is 18.2 Å². The van der Waals surface area contributed by atoms with Crippen molar-refractivity contribution in [2.75, 3.05) is 0 Å². The average Bonchev–Trinajstić information content (AvgIpc) is 3.37. The van der Waals surface area contributed by atoms with Crippen molar-refractivity contribution in [2.45, 2.75) is 58.1 Å². The average molecular weight is 514 g/mol. The van der Waals surface area contributed by atoms with Crippen LogP contribution in [0, 0.1) is 5.92 Å². The Hall–Kier alpha value is -2.45. The number of rotatable bonds is 4. The van der Waals surface area contributed by atoms with E-state index in [1.54, 1.807) is 17.0 Å². The number of oxime groups is 1. The number of nitrogens with zero attached hydrogens (tertiary/aromatic N) is 2. The summed E-state index contributed by atoms with van der Waals surface area (Å²) in [7, 11) is 0. The van der Waals surface area contributed by atoms with Crippen LogP contribution in [0.4, 0.5) is 13.2 Å². The monoisotopic (exact) mass is 513 g/mol. The van der Waals surface area contributed by atoms with Crippen molar-refractivity contribution >= 4 is 34.9 Å². The molecule has 34 heavy (non-hydrogen) atoms. The Morgan fingerprint density at radius 3 is 2.35 bits per heavy atom. The van der Waals surface area contributed by atoms with Gasteiger partial charge in [0.15, 0.2) is 0 Å². The van der Waals surface area contributed by atoms with E-state index < -0.39 is 18.2 Å². The van der Waals surface area contributed by atoms with Gasteiger partial charge >= 0.3 is 6.18 Å². The Morgan fingerprint density at radius 1 is 1.09 bits per heavy atom. The first-order chi connectivity index (χ1) is 15.9. The lowest BCUT2D eigenvalue weighted by atomic mass is 9.89. The van der Waals surface area contributed by atoms with E-state index in [2.05, 4.69) is 10.5 Å². The van der Waals surface area contributed by atoms with E-state index in [-0.39, 0.29) is 39.3 Å². The number of nitrogens with one attached hydrogen (secondary N) is 1. The summed E-state index contributed by atoms with van der Waals surface area (Å²) in [5, 5.41) is 6.95. The fraction of sp³-hybridized carbons (Fsp3) is 0.417. The lowest BCUT2D eigenvalue weighted by molar-refractivity contribution is -0.275. The minimum Gasteiger partial charge on any atom is -0.372 e. The minimum absolute atomic E-state index is 0.0118. The largest absolute Gasteiger partial charge is 0.435 e. The number of carbonyl (C=O) groups excluding carboxylic acids is 1. The second kappa shape index (κ2) is 8.96. The summed E-state index contributed by atoms with van der Waals surface area (Å²) < 4.78 is 42.7. The number of carbonyl (C=O) groups is 1. The molecule has 4 rings (SSSR count). The molecule has 0 fully saturated rings. The second-order valence-electron chi connectivity index (χ2n) is 9.10. The molecule has 2 aromatic rings. The number of hydrogen-bond donors (Lipinski definition) is 1. The third-order valence-electron chi connectivity index (χ3n) is 6.42. The van der Waals surface area contributed by atoms with Gasteiger partial charge in [-0.05, 0) is 54.3 Å². The van der Waals surface area contributed by atoms with E-state index in [9.17, 15) is 18.0 Å². The molecular weight excluding hydrogens is 490 g/mol. The van der Waals surface area contributed by atoms with Gasteiger partial charge in [-0.3, -0.25) is 4.79 Å². The zero-order valence-electron chi connectivity index (χ0n) is 18.8. The lowest BCUT2D eigenvalue weighted by Crippen LogP contribution is -2.43. The van der Waals surface area contributed by atoms with Crippen LogP contribution in [0.2, 0.25) is 10.0 Å². The van der Waals surface area contributed by atoms with Crippen LogP contribution in [-0.4, -0.2) is 28.9 Å². The molecule has 10 heteroatoms. The molecule has 2 unspecified atom stereocenters. The van der Waals surface area contributed by atoms with E-state index in [0.717, 1.165) is 11.1 Å². The van der Waals surface area contributed by atoms with Gasteiger partial charge in [0.05, 0.1) is 6.42 Å². The molecule has 182 valence electrons. The zero-order chi connectivity index (χ0) is 24.8. The zero-order valence-corrected chi connectivity index (χ0v) is 20.4. The van der Waals surface area contributed by atoms with Crippen LogP contribution in [0.3, 0.4) is 0 Å². The standard InChI is InChI=1S/C24H24Cl2F3N3O2/c1-13(2)14(3)30-22(33)15-4-5-16-11-32(12-17(16)6-15)21-10-23(34-31-21,24(27,28)29)18-7-19(25)9-20(26)8-18/h4-9,13-14H,10-12H2,1-3H3,(H,30,33). The van der Waals surface area contributed by atoms with Crippen LogP contribution < -0.4 is 5.32 Å². The quantitative estimate of drug-likeness (QED) is 0.523. The number of halogens is 5. The predicted octanol–water partition coefficient (Wildman–Crippen LogP) is 6.27. The number of amidine groups is 1. The van der Waals surface area contributed by atoms with Crippen LogP contribution >= 0.6 is 23.2 Å². The summed E-state index contributed by atoms with van der Waals surface area (Å²) in [5.41, 5.74) is -0.583. The topological polar surface area (TPSA) is 53.9 Å². The molecule has 0 aliphatic carbocycles. The summed E-state index contributed by atoms with van der Waals surface area (Å²) in [4.78, 5) is 19.4. The van der Waals surface area contributed by atoms with Gasteiger partial charge in [0.1, 0.15) is 5.84 Å². The number of alkyl halides is 3. The molecule has 1 amide bonds. The fourth-order valence-electron chi connectivity index (χ4n) is 4.02. The Balaban J connectivity index is 1.53. The van der Waals surface area contributed by atoms with Crippen molar-refractivity contribution in [1.82, 2.24) is 10.2 Å². The van der Waals surface area contributed by atoms with Crippen LogP contribution in [-0.2, 0) is 23.5 Å². The molecule has 2 aliphatic heterocycles. The summed E-state index contributed by atoms with van der Waals surface area (Å²) in [6.45, 7) is 6.67. The summed E-state index contributed by atoms with van der Waals surface area (Å²) in [6.07, 6.45) is -5.27. The van der Waals surface area contributed by atoms with Crippen LogP contribution in [0.25, 0.3) is 0 Å². The molecule has 1 N–H and O–H groups in total. The van der Waals surface area contributed by atoms with Crippen molar-refractivity contribution in [3.05, 3.63) is 68.7 Å². The van der Waals surface area contributed by atoms with Gasteiger partial charge in [0, 0.05) is 40.3 Å². The number of amides is 1. The van der Waals surface area contributed by atoms with Gasteiger partial charge < -0.3 is 15.1 Å². The third kappa shape index (κ3) is 4.58. The van der Waals surface area contributed by atoms with E-state index in [1.807, 2.05) is 26.8 Å². The first-order valence-corrected chi connectivity index (χ1v) is 11.6. The molecule has 0 radical (unpaired) electrons. The van der Waals surface area contributed by atoms with Crippen LogP contribution in [0.15, 0.2) is 41.6 Å². The molecule has 2 heterocycles.